The lowest BCUT2D eigenvalue weighted by atomic mass is 10.0. The number of hydrogen-bond donors (Lipinski definition) is 4. The number of hydrogen-bond acceptors (Lipinski definition) is 4. The molecule has 2 unspecified atom stereocenters. The van der Waals surface area contributed by atoms with Gasteiger partial charge in [-0.15, -0.1) is 0 Å². The molecule has 0 aliphatic carbocycles. The number of rotatable bonds is 3. The van der Waals surface area contributed by atoms with Crippen molar-refractivity contribution in [3.05, 3.63) is 71.0 Å². The smallest absolute Gasteiger partial charge is 0.257 e. The zero-order valence-corrected chi connectivity index (χ0v) is 17.2. The Hall–Kier alpha value is -2.77. The molecule has 4 N–H and O–H groups in total. The predicted octanol–water partition coefficient (Wildman–Crippen LogP) is 3.17. The minimum atomic E-state index is -0.277. The van der Waals surface area contributed by atoms with E-state index < -0.39 is 0 Å². The van der Waals surface area contributed by atoms with Crippen LogP contribution in [0.5, 0.6) is 0 Å². The number of carbonyl (C=O) groups is 1. The van der Waals surface area contributed by atoms with Crippen molar-refractivity contribution in [2.45, 2.75) is 51.9 Å². The summed E-state index contributed by atoms with van der Waals surface area (Å²) in [6, 6.07) is 13.8. The molecule has 1 fully saturated rings. The molecule has 1 heterocycles. The van der Waals surface area contributed by atoms with Crippen molar-refractivity contribution in [1.82, 2.24) is 21.5 Å². The van der Waals surface area contributed by atoms with Crippen LogP contribution in [-0.4, -0.2) is 23.6 Å². The number of aryl methyl sites for hydroxylation is 1. The van der Waals surface area contributed by atoms with E-state index in [9.17, 15) is 9.18 Å². The first-order valence-corrected chi connectivity index (χ1v) is 9.70. The van der Waals surface area contributed by atoms with Crippen LogP contribution >= 0.6 is 0 Å². The molecule has 2 aromatic rings. The van der Waals surface area contributed by atoms with Gasteiger partial charge in [0.15, 0.2) is 5.96 Å². The minimum absolute atomic E-state index is 0.00714. The molecule has 0 bridgehead atoms. The second-order valence-electron chi connectivity index (χ2n) is 8.32. The number of benzene rings is 2. The third-order valence-corrected chi connectivity index (χ3v) is 4.45. The highest BCUT2D eigenvalue weighted by atomic mass is 19.1. The number of nitrogens with zero attached hydrogens (tertiary/aromatic N) is 1. The van der Waals surface area contributed by atoms with Gasteiger partial charge in [0.25, 0.3) is 5.91 Å². The molecule has 1 amide bonds. The van der Waals surface area contributed by atoms with Crippen molar-refractivity contribution in [3.8, 4) is 0 Å². The van der Waals surface area contributed by atoms with Crippen LogP contribution in [0.4, 0.5) is 4.39 Å². The third kappa shape index (κ3) is 6.10. The third-order valence-electron chi connectivity index (χ3n) is 4.45. The fourth-order valence-corrected chi connectivity index (χ4v) is 3.11. The molecule has 0 spiro atoms. The number of nitrogens with one attached hydrogen (secondary N) is 4. The van der Waals surface area contributed by atoms with Crippen molar-refractivity contribution in [2.75, 3.05) is 0 Å². The van der Waals surface area contributed by atoms with Gasteiger partial charge in [-0.05, 0) is 57.5 Å². The lowest BCUT2D eigenvalue weighted by Crippen LogP contribution is -2.50. The Morgan fingerprint density at radius 1 is 1.14 bits per heavy atom. The second-order valence-corrected chi connectivity index (χ2v) is 8.32. The Morgan fingerprint density at radius 2 is 1.86 bits per heavy atom. The first kappa shape index (κ1) is 21.0. The summed E-state index contributed by atoms with van der Waals surface area (Å²) in [7, 11) is 0. The maximum Gasteiger partial charge on any atom is 0.257 e. The second kappa shape index (κ2) is 8.71. The largest absolute Gasteiger partial charge is 0.351 e. The Morgan fingerprint density at radius 3 is 2.52 bits per heavy atom. The highest BCUT2D eigenvalue weighted by Crippen LogP contribution is 2.23. The van der Waals surface area contributed by atoms with Gasteiger partial charge in [-0.3, -0.25) is 10.1 Å². The lowest BCUT2D eigenvalue weighted by molar-refractivity contribution is 0.0975. The molecule has 0 saturated carbocycles. The Balaban J connectivity index is 1.73. The maximum absolute atomic E-state index is 13.2. The Labute approximate surface area is 171 Å². The van der Waals surface area contributed by atoms with Gasteiger partial charge in [-0.1, -0.05) is 29.8 Å². The molecule has 0 aromatic heterocycles. The van der Waals surface area contributed by atoms with Crippen LogP contribution < -0.4 is 21.5 Å². The van der Waals surface area contributed by atoms with E-state index in [4.69, 9.17) is 0 Å². The average Bonchev–Trinajstić information content (AvgIpc) is 3.09. The first-order chi connectivity index (χ1) is 13.7. The molecule has 2 atom stereocenters. The normalized spacial score (nSPS) is 19.8. The van der Waals surface area contributed by atoms with E-state index in [2.05, 4.69) is 26.5 Å². The first-order valence-electron chi connectivity index (χ1n) is 9.70. The monoisotopic (exact) mass is 397 g/mol. The fraction of sp³-hybridized carbons (Fsp3) is 0.364. The lowest BCUT2D eigenvalue weighted by Gasteiger charge is -2.24. The van der Waals surface area contributed by atoms with Gasteiger partial charge < -0.3 is 5.32 Å². The predicted molar refractivity (Wildman–Crippen MR) is 113 cm³/mol. The molecule has 1 aliphatic rings. The van der Waals surface area contributed by atoms with Crippen LogP contribution in [0.2, 0.25) is 0 Å². The molecule has 7 heteroatoms. The van der Waals surface area contributed by atoms with Gasteiger partial charge in [0.05, 0.1) is 0 Å². The number of guanidine groups is 1. The van der Waals surface area contributed by atoms with Gasteiger partial charge in [-0.25, -0.2) is 20.2 Å². The van der Waals surface area contributed by atoms with Gasteiger partial charge in [0.1, 0.15) is 12.0 Å². The molecular weight excluding hydrogens is 369 g/mol. The van der Waals surface area contributed by atoms with Crippen molar-refractivity contribution in [2.24, 2.45) is 4.99 Å². The van der Waals surface area contributed by atoms with Crippen molar-refractivity contribution >= 4 is 11.9 Å². The van der Waals surface area contributed by atoms with E-state index in [1.54, 1.807) is 18.2 Å². The molecule has 0 radical (unpaired) electrons. The van der Waals surface area contributed by atoms with Gasteiger partial charge in [0, 0.05) is 23.6 Å². The van der Waals surface area contributed by atoms with Crippen LogP contribution in [0.1, 0.15) is 54.7 Å². The quantitative estimate of drug-likeness (QED) is 0.474. The van der Waals surface area contributed by atoms with Crippen LogP contribution in [0.25, 0.3) is 0 Å². The molecule has 2 aromatic carbocycles. The van der Waals surface area contributed by atoms with Gasteiger partial charge in [0.2, 0.25) is 0 Å². The zero-order valence-electron chi connectivity index (χ0n) is 17.2. The summed E-state index contributed by atoms with van der Waals surface area (Å²) in [5, 5.41) is 6.15. The molecule has 1 saturated heterocycles. The summed E-state index contributed by atoms with van der Waals surface area (Å²) in [4.78, 5) is 17.3. The van der Waals surface area contributed by atoms with Crippen LogP contribution in [0.3, 0.4) is 0 Å². The SMILES string of the molecule is Cc1cccc(C(=O)NC(=NC2CC(c3ccc(F)cc3)NN2)NC(C)(C)C)c1. The molecule has 6 nitrogen and oxygen atoms in total. The summed E-state index contributed by atoms with van der Waals surface area (Å²) in [6.07, 6.45) is 0.425. The number of hydrazine groups is 1. The van der Waals surface area contributed by atoms with E-state index in [0.29, 0.717) is 17.9 Å². The number of aliphatic imine (C=N–C) groups is 1. The molecule has 3 rings (SSSR count). The molecule has 1 aliphatic heterocycles. The Kier molecular flexibility index (Phi) is 6.30. The van der Waals surface area contributed by atoms with E-state index in [1.807, 2.05) is 45.9 Å². The highest BCUT2D eigenvalue weighted by molar-refractivity contribution is 6.06. The summed E-state index contributed by atoms with van der Waals surface area (Å²) < 4.78 is 13.2. The zero-order chi connectivity index (χ0) is 21.0. The average molecular weight is 397 g/mol. The van der Waals surface area contributed by atoms with Crippen LogP contribution in [-0.2, 0) is 0 Å². The van der Waals surface area contributed by atoms with E-state index in [1.165, 1.54) is 12.1 Å². The standard InChI is InChI=1S/C22H28FN5O/c1-14-6-5-7-16(12-14)20(29)25-21(26-22(2,3)4)24-19-13-18(27-28-19)15-8-10-17(23)11-9-15/h5-12,18-19,27-28H,13H2,1-4H3,(H2,24,25,26,29). The minimum Gasteiger partial charge on any atom is -0.351 e. The van der Waals surface area contributed by atoms with E-state index in [-0.39, 0.29) is 29.5 Å². The summed E-state index contributed by atoms with van der Waals surface area (Å²) in [5.41, 5.74) is 8.62. The maximum atomic E-state index is 13.2. The van der Waals surface area contributed by atoms with Crippen LogP contribution in [0.15, 0.2) is 53.5 Å². The number of carbonyl (C=O) groups excluding carboxylic acids is 1. The molecule has 29 heavy (non-hydrogen) atoms. The number of amides is 1. The van der Waals surface area contributed by atoms with Gasteiger partial charge in [-0.2, -0.15) is 0 Å². The van der Waals surface area contributed by atoms with Crippen molar-refractivity contribution < 1.29 is 9.18 Å². The van der Waals surface area contributed by atoms with Crippen molar-refractivity contribution in [3.63, 3.8) is 0 Å². The summed E-state index contributed by atoms with van der Waals surface area (Å²) in [5.74, 6) is -0.0712. The fourth-order valence-electron chi connectivity index (χ4n) is 3.11. The van der Waals surface area contributed by atoms with E-state index >= 15 is 0 Å². The Bertz CT molecular complexity index is 889. The number of halogens is 1. The van der Waals surface area contributed by atoms with Gasteiger partial charge >= 0.3 is 0 Å². The molecule has 154 valence electrons. The van der Waals surface area contributed by atoms with Crippen LogP contribution in [0, 0.1) is 12.7 Å². The summed E-state index contributed by atoms with van der Waals surface area (Å²) >= 11 is 0. The van der Waals surface area contributed by atoms with E-state index in [0.717, 1.165) is 11.1 Å². The molecular formula is C22H28FN5O. The summed E-state index contributed by atoms with van der Waals surface area (Å²) in [6.45, 7) is 7.96. The highest BCUT2D eigenvalue weighted by Gasteiger charge is 2.26. The van der Waals surface area contributed by atoms with Crippen molar-refractivity contribution in [1.29, 1.82) is 0 Å². The topological polar surface area (TPSA) is 77.5 Å².